The molecule has 1 aliphatic heterocycles. The van der Waals surface area contributed by atoms with E-state index in [0.717, 1.165) is 80.4 Å². The topological polar surface area (TPSA) is 77.5 Å². The second-order valence-corrected chi connectivity index (χ2v) is 10.5. The Hall–Kier alpha value is -3.78. The summed E-state index contributed by atoms with van der Waals surface area (Å²) in [5.41, 5.74) is 6.81. The molecule has 0 N–H and O–H groups in total. The number of carbonyl (C=O) groups excluding carboxylic acids is 2. The van der Waals surface area contributed by atoms with Crippen LogP contribution in [0.3, 0.4) is 0 Å². The number of rotatable bonds is 8. The van der Waals surface area contributed by atoms with Gasteiger partial charge in [0.05, 0.1) is 21.3 Å². The van der Waals surface area contributed by atoms with Crippen LogP contribution in [-0.2, 0) is 27.2 Å². The molecule has 0 aromatic heterocycles. The van der Waals surface area contributed by atoms with Crippen molar-refractivity contribution in [2.24, 2.45) is 5.92 Å². The molecular formula is C35H48N2O6. The van der Waals surface area contributed by atoms with Gasteiger partial charge < -0.3 is 23.8 Å². The Morgan fingerprint density at radius 3 is 2.21 bits per heavy atom. The first kappa shape index (κ1) is 33.7. The van der Waals surface area contributed by atoms with Crippen molar-refractivity contribution in [2.75, 3.05) is 60.7 Å². The van der Waals surface area contributed by atoms with Gasteiger partial charge in [0.2, 0.25) is 5.91 Å². The lowest BCUT2D eigenvalue weighted by molar-refractivity contribution is -0.139. The van der Waals surface area contributed by atoms with Crippen LogP contribution in [0, 0.1) is 5.92 Å². The SMILES string of the molecule is C=Cc1c(OC)c(OC)cc2c1-c1ccc(OC)cc1CCC2.CC.CC(=O)N1CCN(CCOC(=O)C2=CC2C)CC1. The number of fused-ring (bicyclic) bond motifs is 3. The standard InChI is InChI=1S/C20H22O3.C13H20N2O3.C2H6/c1-5-16-19-14(12-18(22-3)20(16)23-4)8-6-7-13-11-15(21-2)9-10-17(13)19;1-10-9-12(10)13(17)18-8-7-14-3-5-15(6-4-14)11(2)16;1-2/h5,9-12H,1,6-8H2,2-4H3;9-10H,3-8H2,1-2H3;1-2H3. The van der Waals surface area contributed by atoms with Crippen LogP contribution in [0.25, 0.3) is 17.2 Å². The third kappa shape index (κ3) is 8.41. The van der Waals surface area contributed by atoms with E-state index in [1.807, 2.05) is 43.9 Å². The molecule has 1 atom stereocenters. The molecular weight excluding hydrogens is 544 g/mol. The number of hydrogen-bond donors (Lipinski definition) is 0. The van der Waals surface area contributed by atoms with E-state index in [1.54, 1.807) is 28.3 Å². The van der Waals surface area contributed by atoms with Crippen LogP contribution in [-0.4, -0.2) is 82.3 Å². The molecule has 2 aromatic carbocycles. The number of benzene rings is 2. The van der Waals surface area contributed by atoms with E-state index in [1.165, 1.54) is 22.3 Å². The molecule has 0 spiro atoms. The van der Waals surface area contributed by atoms with Crippen molar-refractivity contribution in [3.63, 3.8) is 0 Å². The fourth-order valence-electron chi connectivity index (χ4n) is 5.52. The lowest BCUT2D eigenvalue weighted by atomic mass is 9.91. The van der Waals surface area contributed by atoms with Gasteiger partial charge in [-0.25, -0.2) is 4.79 Å². The third-order valence-electron chi connectivity index (χ3n) is 7.97. The van der Waals surface area contributed by atoms with Crippen molar-refractivity contribution in [3.05, 3.63) is 59.2 Å². The van der Waals surface area contributed by atoms with Gasteiger partial charge in [-0.3, -0.25) is 9.69 Å². The van der Waals surface area contributed by atoms with Crippen LogP contribution in [0.2, 0.25) is 0 Å². The van der Waals surface area contributed by atoms with E-state index in [-0.39, 0.29) is 11.9 Å². The molecule has 1 fully saturated rings. The number of methoxy groups -OCH3 is 3. The number of aryl methyl sites for hydroxylation is 2. The number of piperazine rings is 1. The first-order chi connectivity index (χ1) is 20.8. The summed E-state index contributed by atoms with van der Waals surface area (Å²) in [5, 5.41) is 0. The minimum atomic E-state index is -0.176. The molecule has 0 saturated carbocycles. The maximum absolute atomic E-state index is 11.4. The first-order valence-electron chi connectivity index (χ1n) is 15.3. The summed E-state index contributed by atoms with van der Waals surface area (Å²) in [5.74, 6) is 2.66. The van der Waals surface area contributed by atoms with Gasteiger partial charge in [0.1, 0.15) is 12.4 Å². The Morgan fingerprint density at radius 1 is 0.977 bits per heavy atom. The number of allylic oxidation sites excluding steroid dienone is 1. The molecule has 1 unspecified atom stereocenters. The smallest absolute Gasteiger partial charge is 0.334 e. The fraction of sp³-hybridized carbons (Fsp3) is 0.486. The largest absolute Gasteiger partial charge is 0.497 e. The molecule has 1 heterocycles. The zero-order valence-corrected chi connectivity index (χ0v) is 27.0. The minimum absolute atomic E-state index is 0.135. The zero-order valence-electron chi connectivity index (χ0n) is 27.0. The van der Waals surface area contributed by atoms with Crippen LogP contribution in [0.4, 0.5) is 0 Å². The molecule has 8 heteroatoms. The van der Waals surface area contributed by atoms with Gasteiger partial charge in [-0.15, -0.1) is 0 Å². The molecule has 3 aliphatic rings. The molecule has 43 heavy (non-hydrogen) atoms. The number of nitrogens with zero attached hydrogens (tertiary/aromatic N) is 2. The van der Waals surface area contributed by atoms with Gasteiger partial charge in [-0.1, -0.05) is 45.6 Å². The maximum Gasteiger partial charge on any atom is 0.334 e. The summed E-state index contributed by atoms with van der Waals surface area (Å²) in [7, 11) is 5.05. The number of carbonyl (C=O) groups is 2. The highest BCUT2D eigenvalue weighted by Gasteiger charge is 2.28. The lowest BCUT2D eigenvalue weighted by Crippen LogP contribution is -2.48. The minimum Gasteiger partial charge on any atom is -0.497 e. The van der Waals surface area contributed by atoms with E-state index in [9.17, 15) is 9.59 Å². The van der Waals surface area contributed by atoms with Crippen molar-refractivity contribution in [1.29, 1.82) is 0 Å². The molecule has 5 rings (SSSR count). The number of ether oxygens (including phenoxy) is 4. The van der Waals surface area contributed by atoms with E-state index in [4.69, 9.17) is 18.9 Å². The van der Waals surface area contributed by atoms with Crippen molar-refractivity contribution < 1.29 is 28.5 Å². The zero-order chi connectivity index (χ0) is 31.5. The van der Waals surface area contributed by atoms with Crippen molar-refractivity contribution in [3.8, 4) is 28.4 Å². The van der Waals surface area contributed by atoms with Gasteiger partial charge in [-0.2, -0.15) is 0 Å². The second kappa shape index (κ2) is 16.2. The summed E-state index contributed by atoms with van der Waals surface area (Å²) in [6.07, 6.45) is 6.91. The maximum atomic E-state index is 11.4. The highest BCUT2D eigenvalue weighted by atomic mass is 16.5. The molecule has 8 nitrogen and oxygen atoms in total. The molecule has 2 aliphatic carbocycles. The Labute approximate surface area is 257 Å². The van der Waals surface area contributed by atoms with Crippen LogP contribution < -0.4 is 14.2 Å². The predicted octanol–water partition coefficient (Wildman–Crippen LogP) is 5.81. The monoisotopic (exact) mass is 592 g/mol. The molecule has 234 valence electrons. The molecule has 1 amide bonds. The van der Waals surface area contributed by atoms with Gasteiger partial charge >= 0.3 is 5.97 Å². The average Bonchev–Trinajstić information content (AvgIpc) is 3.81. The van der Waals surface area contributed by atoms with E-state index >= 15 is 0 Å². The van der Waals surface area contributed by atoms with Gasteiger partial charge in [0, 0.05) is 56.7 Å². The summed E-state index contributed by atoms with van der Waals surface area (Å²) in [4.78, 5) is 26.7. The first-order valence-corrected chi connectivity index (χ1v) is 15.3. The molecule has 2 aromatic rings. The van der Waals surface area contributed by atoms with Crippen LogP contribution in [0.5, 0.6) is 17.2 Å². The van der Waals surface area contributed by atoms with E-state index in [2.05, 4.69) is 29.7 Å². The Bertz CT molecular complexity index is 1310. The van der Waals surface area contributed by atoms with Crippen molar-refractivity contribution >= 4 is 18.0 Å². The van der Waals surface area contributed by atoms with Gasteiger partial charge in [-0.05, 0) is 59.7 Å². The fourth-order valence-corrected chi connectivity index (χ4v) is 5.52. The highest BCUT2D eigenvalue weighted by Crippen LogP contribution is 2.45. The Morgan fingerprint density at radius 2 is 1.65 bits per heavy atom. The number of hydrogen-bond acceptors (Lipinski definition) is 7. The van der Waals surface area contributed by atoms with Crippen LogP contribution >= 0.6 is 0 Å². The van der Waals surface area contributed by atoms with Gasteiger partial charge in [0.25, 0.3) is 0 Å². The summed E-state index contributed by atoms with van der Waals surface area (Å²) >= 11 is 0. The number of amides is 1. The van der Waals surface area contributed by atoms with E-state index < -0.39 is 0 Å². The average molecular weight is 593 g/mol. The third-order valence-corrected chi connectivity index (χ3v) is 7.97. The van der Waals surface area contributed by atoms with Crippen molar-refractivity contribution in [2.45, 2.75) is 47.0 Å². The predicted molar refractivity (Wildman–Crippen MR) is 172 cm³/mol. The summed E-state index contributed by atoms with van der Waals surface area (Å²) in [6, 6.07) is 8.38. The highest BCUT2D eigenvalue weighted by molar-refractivity contribution is 5.94. The normalized spacial score (nSPS) is 16.8. The number of esters is 1. The van der Waals surface area contributed by atoms with Gasteiger partial charge in [0.15, 0.2) is 11.5 Å². The van der Waals surface area contributed by atoms with E-state index in [0.29, 0.717) is 12.5 Å². The lowest BCUT2D eigenvalue weighted by Gasteiger charge is -2.33. The molecule has 0 bridgehead atoms. The summed E-state index contributed by atoms with van der Waals surface area (Å²) in [6.45, 7) is 16.0. The Kier molecular flexibility index (Phi) is 12.7. The van der Waals surface area contributed by atoms with Crippen LogP contribution in [0.1, 0.15) is 50.8 Å². The molecule has 1 saturated heterocycles. The Balaban J connectivity index is 0.000000229. The van der Waals surface area contributed by atoms with Crippen molar-refractivity contribution in [1.82, 2.24) is 9.80 Å². The second-order valence-electron chi connectivity index (χ2n) is 10.5. The molecule has 0 radical (unpaired) electrons. The summed E-state index contributed by atoms with van der Waals surface area (Å²) < 4.78 is 21.7. The van der Waals surface area contributed by atoms with Crippen LogP contribution in [0.15, 0.2) is 42.5 Å². The quantitative estimate of drug-likeness (QED) is 0.358.